The van der Waals surface area contributed by atoms with Crippen molar-refractivity contribution in [2.75, 3.05) is 13.7 Å². The highest BCUT2D eigenvalue weighted by molar-refractivity contribution is 5.97. The Kier molecular flexibility index (Phi) is 7.81. The van der Waals surface area contributed by atoms with Crippen LogP contribution in [0.4, 0.5) is 0 Å². The summed E-state index contributed by atoms with van der Waals surface area (Å²) in [5.41, 5.74) is 7.46. The minimum atomic E-state index is -1.11. The molecule has 2 aromatic carbocycles. The third-order valence-corrected chi connectivity index (χ3v) is 4.12. The summed E-state index contributed by atoms with van der Waals surface area (Å²) >= 11 is 0. The van der Waals surface area contributed by atoms with Gasteiger partial charge >= 0.3 is 0 Å². The van der Waals surface area contributed by atoms with E-state index >= 15 is 0 Å². The van der Waals surface area contributed by atoms with Crippen molar-refractivity contribution in [1.82, 2.24) is 10.8 Å². The predicted molar refractivity (Wildman–Crippen MR) is 111 cm³/mol. The number of hydrogen-bond acceptors (Lipinski definition) is 6. The lowest BCUT2D eigenvalue weighted by molar-refractivity contribution is -0.132. The fourth-order valence-corrected chi connectivity index (χ4v) is 2.53. The maximum absolute atomic E-state index is 12.4. The monoisotopic (exact) mass is 411 g/mol. The van der Waals surface area contributed by atoms with E-state index < -0.39 is 23.4 Å². The molecule has 1 atom stereocenters. The van der Waals surface area contributed by atoms with Gasteiger partial charge in [0.2, 0.25) is 0 Å². The normalized spacial score (nSPS) is 11.5. The zero-order chi connectivity index (χ0) is 22.1. The van der Waals surface area contributed by atoms with Crippen LogP contribution in [-0.2, 0) is 4.79 Å². The van der Waals surface area contributed by atoms with E-state index in [-0.39, 0.29) is 6.61 Å². The van der Waals surface area contributed by atoms with E-state index in [0.717, 1.165) is 11.3 Å². The highest BCUT2D eigenvalue weighted by Crippen LogP contribution is 2.14. The minimum Gasteiger partial charge on any atom is -0.497 e. The first-order chi connectivity index (χ1) is 14.2. The molecule has 2 rings (SSSR count). The molecule has 2 amide bonds. The van der Waals surface area contributed by atoms with Crippen molar-refractivity contribution in [3.8, 4) is 23.3 Å². The molecule has 2 aromatic rings. The molecule has 0 aromatic heterocycles. The van der Waals surface area contributed by atoms with Gasteiger partial charge in [-0.1, -0.05) is 17.9 Å². The summed E-state index contributed by atoms with van der Waals surface area (Å²) in [5, 5.41) is 11.4. The Hall–Kier alpha value is -3.54. The second-order valence-electron chi connectivity index (χ2n) is 7.05. The predicted octanol–water partition coefficient (Wildman–Crippen LogP) is 1.47. The number of carbonyl (C=O) groups is 2. The van der Waals surface area contributed by atoms with E-state index in [4.69, 9.17) is 20.4 Å². The van der Waals surface area contributed by atoms with E-state index in [9.17, 15) is 9.59 Å². The number of rotatable bonds is 7. The Balaban J connectivity index is 1.95. The molecule has 5 N–H and O–H groups in total. The molecule has 0 saturated carbocycles. The molecular weight excluding hydrogens is 386 g/mol. The molecule has 8 heteroatoms. The van der Waals surface area contributed by atoms with Crippen LogP contribution in [0.15, 0.2) is 48.5 Å². The van der Waals surface area contributed by atoms with Crippen LogP contribution in [0.3, 0.4) is 0 Å². The first-order valence-electron chi connectivity index (χ1n) is 9.14. The van der Waals surface area contributed by atoms with Crippen LogP contribution in [0.1, 0.15) is 29.8 Å². The Labute approximate surface area is 175 Å². The van der Waals surface area contributed by atoms with Crippen molar-refractivity contribution < 1.29 is 24.3 Å². The Morgan fingerprint density at radius 3 is 2.47 bits per heavy atom. The lowest BCUT2D eigenvalue weighted by Gasteiger charge is -2.29. The zero-order valence-corrected chi connectivity index (χ0v) is 17.1. The van der Waals surface area contributed by atoms with Gasteiger partial charge in [0.25, 0.3) is 11.8 Å². The van der Waals surface area contributed by atoms with Gasteiger partial charge in [-0.2, -0.15) is 0 Å². The number of hydrogen-bond donors (Lipinski definition) is 4. The quantitative estimate of drug-likeness (QED) is 0.311. The second-order valence-corrected chi connectivity index (χ2v) is 7.05. The minimum absolute atomic E-state index is 0.170. The van der Waals surface area contributed by atoms with Gasteiger partial charge in [0.05, 0.1) is 7.11 Å². The molecular formula is C22H25N3O5. The maximum Gasteiger partial charge on any atom is 0.267 e. The van der Waals surface area contributed by atoms with E-state index in [1.807, 2.05) is 24.3 Å². The number of nitrogens with two attached hydrogens (primary N) is 1. The molecule has 0 aliphatic rings. The van der Waals surface area contributed by atoms with Crippen LogP contribution in [-0.4, -0.2) is 42.3 Å². The first kappa shape index (κ1) is 22.7. The Morgan fingerprint density at radius 1 is 1.17 bits per heavy atom. The molecule has 0 aliphatic carbocycles. The molecule has 0 radical (unpaired) electrons. The van der Waals surface area contributed by atoms with Crippen molar-refractivity contribution in [3.05, 3.63) is 59.7 Å². The van der Waals surface area contributed by atoms with E-state index in [2.05, 4.69) is 17.2 Å². The van der Waals surface area contributed by atoms with Crippen molar-refractivity contribution in [2.24, 2.45) is 5.73 Å². The van der Waals surface area contributed by atoms with Gasteiger partial charge in [0, 0.05) is 16.7 Å². The molecule has 0 unspecified atom stereocenters. The van der Waals surface area contributed by atoms with Crippen LogP contribution < -0.4 is 26.0 Å². The summed E-state index contributed by atoms with van der Waals surface area (Å²) < 4.78 is 10.7. The third-order valence-electron chi connectivity index (χ3n) is 4.12. The molecule has 30 heavy (non-hydrogen) atoms. The molecule has 8 nitrogen and oxygen atoms in total. The van der Waals surface area contributed by atoms with Crippen LogP contribution in [0.25, 0.3) is 0 Å². The highest BCUT2D eigenvalue weighted by atomic mass is 16.5. The SMILES string of the molecule is COc1cccc(C#CCOc2ccc(C(=O)N[C@H](C(=O)NO)C(C)(C)N)cc2)c1. The summed E-state index contributed by atoms with van der Waals surface area (Å²) in [5.74, 6) is 5.85. The van der Waals surface area contributed by atoms with Gasteiger partial charge in [-0.15, -0.1) is 0 Å². The fourth-order valence-electron chi connectivity index (χ4n) is 2.53. The molecule has 0 saturated heterocycles. The number of nitrogens with one attached hydrogen (secondary N) is 2. The molecule has 0 aliphatic heterocycles. The Bertz CT molecular complexity index is 940. The summed E-state index contributed by atoms with van der Waals surface area (Å²) in [4.78, 5) is 24.2. The summed E-state index contributed by atoms with van der Waals surface area (Å²) in [6.07, 6.45) is 0. The van der Waals surface area contributed by atoms with E-state index in [1.54, 1.807) is 45.2 Å². The average Bonchev–Trinajstić information content (AvgIpc) is 2.74. The van der Waals surface area contributed by atoms with Crippen LogP contribution in [0.5, 0.6) is 11.5 Å². The zero-order valence-electron chi connectivity index (χ0n) is 17.1. The fraction of sp³-hybridized carbons (Fsp3) is 0.273. The van der Waals surface area contributed by atoms with Crippen LogP contribution >= 0.6 is 0 Å². The van der Waals surface area contributed by atoms with Crippen molar-refractivity contribution >= 4 is 11.8 Å². The summed E-state index contributed by atoms with van der Waals surface area (Å²) in [7, 11) is 1.60. The van der Waals surface area contributed by atoms with Crippen LogP contribution in [0.2, 0.25) is 0 Å². The largest absolute Gasteiger partial charge is 0.497 e. The van der Waals surface area contributed by atoms with Gasteiger partial charge in [0.1, 0.15) is 24.1 Å². The topological polar surface area (TPSA) is 123 Å². The van der Waals surface area contributed by atoms with Gasteiger partial charge in [-0.25, -0.2) is 5.48 Å². The number of methoxy groups -OCH3 is 1. The van der Waals surface area contributed by atoms with Crippen molar-refractivity contribution in [1.29, 1.82) is 0 Å². The Morgan fingerprint density at radius 2 is 1.87 bits per heavy atom. The lowest BCUT2D eigenvalue weighted by Crippen LogP contribution is -2.61. The van der Waals surface area contributed by atoms with E-state index in [1.165, 1.54) is 5.48 Å². The van der Waals surface area contributed by atoms with E-state index in [0.29, 0.717) is 11.3 Å². The number of ether oxygens (including phenoxy) is 2. The summed E-state index contributed by atoms with van der Waals surface area (Å²) in [6.45, 7) is 3.30. The van der Waals surface area contributed by atoms with Crippen LogP contribution in [0, 0.1) is 11.8 Å². The lowest BCUT2D eigenvalue weighted by atomic mass is 9.95. The first-order valence-corrected chi connectivity index (χ1v) is 9.14. The maximum atomic E-state index is 12.4. The highest BCUT2D eigenvalue weighted by Gasteiger charge is 2.33. The molecule has 0 spiro atoms. The van der Waals surface area contributed by atoms with Gasteiger partial charge in [-0.3, -0.25) is 14.8 Å². The molecule has 158 valence electrons. The average molecular weight is 411 g/mol. The number of amides is 2. The number of hydroxylamine groups is 1. The van der Waals surface area contributed by atoms with Crippen molar-refractivity contribution in [2.45, 2.75) is 25.4 Å². The van der Waals surface area contributed by atoms with Gasteiger partial charge < -0.3 is 20.5 Å². The molecule has 0 fully saturated rings. The molecule has 0 bridgehead atoms. The molecule has 0 heterocycles. The number of carbonyl (C=O) groups excluding carboxylic acids is 2. The summed E-state index contributed by atoms with van der Waals surface area (Å²) in [6, 6.07) is 12.6. The van der Waals surface area contributed by atoms with Gasteiger partial charge in [-0.05, 0) is 56.3 Å². The van der Waals surface area contributed by atoms with Gasteiger partial charge in [0.15, 0.2) is 0 Å². The van der Waals surface area contributed by atoms with Crippen molar-refractivity contribution in [3.63, 3.8) is 0 Å². The number of benzene rings is 2. The third kappa shape index (κ3) is 6.51. The smallest absolute Gasteiger partial charge is 0.267 e. The second kappa shape index (κ2) is 10.3. The standard InChI is InChI=1S/C22H25N3O5/c1-22(2,23)19(21(27)25-28)24-20(26)16-9-11-17(12-10-16)30-13-5-7-15-6-4-8-18(14-15)29-3/h4,6,8-12,14,19,28H,13,23H2,1-3H3,(H,24,26)(H,25,27)/t19-/m1/s1.